The molecule has 3 aromatic rings. The number of benzene rings is 1. The highest BCUT2D eigenvalue weighted by Crippen LogP contribution is 2.28. The maximum atomic E-state index is 12.8. The molecule has 1 unspecified atom stereocenters. The number of hydrogen-bond donors (Lipinski definition) is 1. The number of H-pyrrole nitrogens is 1. The van der Waals surface area contributed by atoms with Crippen LogP contribution in [-0.4, -0.2) is 38.0 Å². The van der Waals surface area contributed by atoms with Gasteiger partial charge < -0.3 is 4.90 Å². The van der Waals surface area contributed by atoms with Crippen LogP contribution in [0.1, 0.15) is 33.9 Å². The number of amides is 1. The van der Waals surface area contributed by atoms with Gasteiger partial charge in [-0.25, -0.2) is 9.97 Å². The Balaban J connectivity index is 1.85. The predicted octanol–water partition coefficient (Wildman–Crippen LogP) is 3.07. The molecule has 1 atom stereocenters. The summed E-state index contributed by atoms with van der Waals surface area (Å²) in [6, 6.07) is 9.95. The SMILES string of the molecule is Cc1nc(-c2ncn[nH]2)sc1C(=O)N(C)C(C)c1ccccc1. The Morgan fingerprint density at radius 2 is 2.04 bits per heavy atom. The molecule has 0 bridgehead atoms. The minimum absolute atomic E-state index is 0.0149. The Morgan fingerprint density at radius 3 is 2.70 bits per heavy atom. The second-order valence-corrected chi connectivity index (χ2v) is 6.27. The molecular weight excluding hydrogens is 310 g/mol. The fraction of sp³-hybridized carbons (Fsp3) is 0.250. The monoisotopic (exact) mass is 327 g/mol. The lowest BCUT2D eigenvalue weighted by atomic mass is 10.1. The molecule has 0 saturated heterocycles. The van der Waals surface area contributed by atoms with Gasteiger partial charge in [-0.2, -0.15) is 5.10 Å². The molecule has 0 aliphatic heterocycles. The summed E-state index contributed by atoms with van der Waals surface area (Å²) in [4.78, 5) is 23.7. The Morgan fingerprint density at radius 1 is 1.30 bits per heavy atom. The second kappa shape index (κ2) is 6.29. The van der Waals surface area contributed by atoms with Crippen LogP contribution in [0.4, 0.5) is 0 Å². The number of aromatic nitrogens is 4. The highest BCUT2D eigenvalue weighted by atomic mass is 32.1. The highest BCUT2D eigenvalue weighted by Gasteiger charge is 2.24. The van der Waals surface area contributed by atoms with Crippen molar-refractivity contribution in [3.05, 3.63) is 52.8 Å². The fourth-order valence-electron chi connectivity index (χ4n) is 2.30. The zero-order chi connectivity index (χ0) is 16.4. The highest BCUT2D eigenvalue weighted by molar-refractivity contribution is 7.17. The summed E-state index contributed by atoms with van der Waals surface area (Å²) >= 11 is 1.33. The van der Waals surface area contributed by atoms with Crippen molar-refractivity contribution in [1.29, 1.82) is 0 Å². The lowest BCUT2D eigenvalue weighted by Gasteiger charge is -2.25. The van der Waals surface area contributed by atoms with Gasteiger partial charge in [0.05, 0.1) is 11.7 Å². The van der Waals surface area contributed by atoms with Gasteiger partial charge in [0.15, 0.2) is 10.8 Å². The lowest BCUT2D eigenvalue weighted by molar-refractivity contribution is 0.0746. The first-order valence-corrected chi connectivity index (χ1v) is 8.05. The van der Waals surface area contributed by atoms with E-state index in [1.165, 1.54) is 17.7 Å². The third kappa shape index (κ3) is 3.00. The van der Waals surface area contributed by atoms with Crippen molar-refractivity contribution >= 4 is 17.2 Å². The summed E-state index contributed by atoms with van der Waals surface area (Å²) in [7, 11) is 1.81. The van der Waals surface area contributed by atoms with Gasteiger partial charge in [0.2, 0.25) is 0 Å². The Hall–Kier alpha value is -2.54. The van der Waals surface area contributed by atoms with Gasteiger partial charge >= 0.3 is 0 Å². The van der Waals surface area contributed by atoms with Crippen molar-refractivity contribution in [2.75, 3.05) is 7.05 Å². The van der Waals surface area contributed by atoms with E-state index in [-0.39, 0.29) is 11.9 Å². The third-order valence-electron chi connectivity index (χ3n) is 3.79. The summed E-state index contributed by atoms with van der Waals surface area (Å²) < 4.78 is 0. The number of thiazole rings is 1. The summed E-state index contributed by atoms with van der Waals surface area (Å²) in [5.74, 6) is 0.540. The van der Waals surface area contributed by atoms with E-state index in [9.17, 15) is 4.79 Å². The first-order chi connectivity index (χ1) is 11.1. The van der Waals surface area contributed by atoms with Crippen molar-refractivity contribution in [1.82, 2.24) is 25.1 Å². The molecule has 2 heterocycles. The van der Waals surface area contributed by atoms with Gasteiger partial charge in [0.25, 0.3) is 5.91 Å². The maximum Gasteiger partial charge on any atom is 0.266 e. The molecule has 3 rings (SSSR count). The minimum atomic E-state index is -0.0397. The molecule has 0 fully saturated rings. The maximum absolute atomic E-state index is 12.8. The zero-order valence-electron chi connectivity index (χ0n) is 13.1. The predicted molar refractivity (Wildman–Crippen MR) is 89.2 cm³/mol. The van der Waals surface area contributed by atoms with Crippen molar-refractivity contribution in [2.45, 2.75) is 19.9 Å². The molecule has 1 amide bonds. The molecular formula is C16H17N5OS. The van der Waals surface area contributed by atoms with Crippen LogP contribution in [-0.2, 0) is 0 Å². The Kier molecular flexibility index (Phi) is 4.20. The number of carbonyl (C=O) groups is 1. The minimum Gasteiger partial charge on any atom is -0.334 e. The standard InChI is InChI=1S/C16H17N5OS/c1-10-13(23-15(19-10)14-17-9-18-20-14)16(22)21(3)11(2)12-7-5-4-6-8-12/h4-9,11H,1-3H3,(H,17,18,20). The van der Waals surface area contributed by atoms with Crippen molar-refractivity contribution < 1.29 is 4.79 Å². The number of nitrogens with one attached hydrogen (secondary N) is 1. The van der Waals surface area contributed by atoms with E-state index >= 15 is 0 Å². The van der Waals surface area contributed by atoms with Crippen LogP contribution in [0.3, 0.4) is 0 Å². The van der Waals surface area contributed by atoms with E-state index < -0.39 is 0 Å². The van der Waals surface area contributed by atoms with Crippen LogP contribution in [0, 0.1) is 6.92 Å². The third-order valence-corrected chi connectivity index (χ3v) is 4.94. The topological polar surface area (TPSA) is 74.8 Å². The molecule has 0 aliphatic carbocycles. The van der Waals surface area contributed by atoms with Crippen LogP contribution in [0.25, 0.3) is 10.8 Å². The van der Waals surface area contributed by atoms with Crippen molar-refractivity contribution in [3.8, 4) is 10.8 Å². The summed E-state index contributed by atoms with van der Waals surface area (Å²) in [5.41, 5.74) is 1.81. The van der Waals surface area contributed by atoms with E-state index in [1.807, 2.05) is 51.2 Å². The average Bonchev–Trinajstić information content (AvgIpc) is 3.23. The quantitative estimate of drug-likeness (QED) is 0.799. The number of aryl methyl sites for hydroxylation is 1. The normalized spacial score (nSPS) is 12.1. The van der Waals surface area contributed by atoms with Crippen LogP contribution >= 0.6 is 11.3 Å². The molecule has 118 valence electrons. The van der Waals surface area contributed by atoms with Crippen LogP contribution in [0.2, 0.25) is 0 Å². The average molecular weight is 327 g/mol. The van der Waals surface area contributed by atoms with Gasteiger partial charge in [-0.05, 0) is 19.4 Å². The molecule has 7 heteroatoms. The first-order valence-electron chi connectivity index (χ1n) is 7.23. The van der Waals surface area contributed by atoms with Crippen LogP contribution in [0.5, 0.6) is 0 Å². The zero-order valence-corrected chi connectivity index (χ0v) is 14.0. The van der Waals surface area contributed by atoms with E-state index in [4.69, 9.17) is 0 Å². The van der Waals surface area contributed by atoms with Gasteiger partial charge in [-0.3, -0.25) is 9.89 Å². The number of hydrogen-bond acceptors (Lipinski definition) is 5. The smallest absolute Gasteiger partial charge is 0.266 e. The fourth-order valence-corrected chi connectivity index (χ4v) is 3.29. The molecule has 2 aromatic heterocycles. The van der Waals surface area contributed by atoms with E-state index in [0.717, 1.165) is 5.56 Å². The van der Waals surface area contributed by atoms with E-state index in [0.29, 0.717) is 21.4 Å². The van der Waals surface area contributed by atoms with Crippen molar-refractivity contribution in [3.63, 3.8) is 0 Å². The molecule has 23 heavy (non-hydrogen) atoms. The molecule has 0 radical (unpaired) electrons. The van der Waals surface area contributed by atoms with Gasteiger partial charge in [0, 0.05) is 7.05 Å². The number of carbonyl (C=O) groups excluding carboxylic acids is 1. The lowest BCUT2D eigenvalue weighted by Crippen LogP contribution is -2.29. The largest absolute Gasteiger partial charge is 0.334 e. The Labute approximate surface area is 138 Å². The first kappa shape index (κ1) is 15.4. The molecule has 1 aromatic carbocycles. The second-order valence-electron chi connectivity index (χ2n) is 5.27. The van der Waals surface area contributed by atoms with Gasteiger partial charge in [-0.1, -0.05) is 30.3 Å². The number of rotatable bonds is 4. The summed E-state index contributed by atoms with van der Waals surface area (Å²) in [6.45, 7) is 3.85. The van der Waals surface area contributed by atoms with Crippen molar-refractivity contribution in [2.24, 2.45) is 0 Å². The van der Waals surface area contributed by atoms with Crippen LogP contribution in [0.15, 0.2) is 36.7 Å². The van der Waals surface area contributed by atoms with E-state index in [1.54, 1.807) is 4.90 Å². The molecule has 1 N–H and O–H groups in total. The molecule has 0 aliphatic rings. The van der Waals surface area contributed by atoms with Crippen LogP contribution < -0.4 is 0 Å². The summed E-state index contributed by atoms with van der Waals surface area (Å²) in [6.07, 6.45) is 1.43. The van der Waals surface area contributed by atoms with Gasteiger partial charge in [0.1, 0.15) is 11.2 Å². The Bertz CT molecular complexity index is 797. The molecule has 6 nitrogen and oxygen atoms in total. The van der Waals surface area contributed by atoms with E-state index in [2.05, 4.69) is 20.2 Å². The molecule has 0 spiro atoms. The van der Waals surface area contributed by atoms with Gasteiger partial charge in [-0.15, -0.1) is 11.3 Å². The number of aromatic amines is 1. The number of nitrogens with zero attached hydrogens (tertiary/aromatic N) is 4. The molecule has 0 saturated carbocycles. The summed E-state index contributed by atoms with van der Waals surface area (Å²) in [5, 5.41) is 7.26.